The Kier molecular flexibility index (Phi) is 6.16. The highest BCUT2D eigenvalue weighted by atomic mass is 16.4. The van der Waals surface area contributed by atoms with Crippen molar-refractivity contribution in [2.24, 2.45) is 11.8 Å². The summed E-state index contributed by atoms with van der Waals surface area (Å²) in [6.45, 7) is 4.12. The van der Waals surface area contributed by atoms with Gasteiger partial charge in [-0.15, -0.1) is 0 Å². The molecular weight excluding hydrogens is 230 g/mol. The second-order valence-corrected chi connectivity index (χ2v) is 5.71. The summed E-state index contributed by atoms with van der Waals surface area (Å²) in [6.07, 6.45) is 6.41. The normalized spacial score (nSPS) is 18.6. The first-order chi connectivity index (χ1) is 8.50. The van der Waals surface area contributed by atoms with Crippen molar-refractivity contribution in [1.82, 2.24) is 5.32 Å². The van der Waals surface area contributed by atoms with Crippen LogP contribution in [0.5, 0.6) is 0 Å². The average Bonchev–Trinajstić information content (AvgIpc) is 2.34. The Bertz CT molecular complexity index is 283. The number of amides is 1. The highest BCUT2D eigenvalue weighted by Crippen LogP contribution is 2.26. The molecule has 0 aliphatic heterocycles. The molecule has 4 nitrogen and oxygen atoms in total. The van der Waals surface area contributed by atoms with E-state index < -0.39 is 12.0 Å². The van der Waals surface area contributed by atoms with Crippen molar-refractivity contribution in [3.63, 3.8) is 0 Å². The van der Waals surface area contributed by atoms with Crippen LogP contribution in [0.15, 0.2) is 0 Å². The molecule has 18 heavy (non-hydrogen) atoms. The first kappa shape index (κ1) is 15.0. The van der Waals surface area contributed by atoms with Gasteiger partial charge < -0.3 is 10.4 Å². The van der Waals surface area contributed by atoms with Crippen LogP contribution >= 0.6 is 0 Å². The maximum absolute atomic E-state index is 11.7. The topological polar surface area (TPSA) is 66.4 Å². The Balaban J connectivity index is 2.46. The predicted molar refractivity (Wildman–Crippen MR) is 70.2 cm³/mol. The number of carbonyl (C=O) groups is 2. The molecule has 1 aliphatic carbocycles. The van der Waals surface area contributed by atoms with Gasteiger partial charge in [-0.3, -0.25) is 4.79 Å². The Morgan fingerprint density at radius 3 is 2.33 bits per heavy atom. The van der Waals surface area contributed by atoms with Gasteiger partial charge >= 0.3 is 5.97 Å². The van der Waals surface area contributed by atoms with Gasteiger partial charge in [-0.05, 0) is 31.1 Å². The van der Waals surface area contributed by atoms with Gasteiger partial charge in [-0.25, -0.2) is 4.79 Å². The van der Waals surface area contributed by atoms with E-state index in [0.29, 0.717) is 12.3 Å². The summed E-state index contributed by atoms with van der Waals surface area (Å²) in [7, 11) is 0. The number of hydrogen-bond donors (Lipinski definition) is 2. The van der Waals surface area contributed by atoms with Crippen LogP contribution < -0.4 is 5.32 Å². The average molecular weight is 255 g/mol. The highest BCUT2D eigenvalue weighted by Gasteiger charge is 2.30. The number of rotatable bonds is 6. The highest BCUT2D eigenvalue weighted by molar-refractivity contribution is 5.83. The molecule has 0 radical (unpaired) electrons. The minimum absolute atomic E-state index is 0.110. The smallest absolute Gasteiger partial charge is 0.326 e. The molecule has 4 heteroatoms. The van der Waals surface area contributed by atoms with Crippen LogP contribution in [0, 0.1) is 11.8 Å². The Labute approximate surface area is 109 Å². The fourth-order valence-corrected chi connectivity index (χ4v) is 2.51. The molecular formula is C14H25NO3. The van der Waals surface area contributed by atoms with E-state index in [1.165, 1.54) is 6.42 Å². The lowest BCUT2D eigenvalue weighted by atomic mass is 9.84. The van der Waals surface area contributed by atoms with Crippen molar-refractivity contribution in [1.29, 1.82) is 0 Å². The third-order valence-corrected chi connectivity index (χ3v) is 3.65. The van der Waals surface area contributed by atoms with Gasteiger partial charge in [0, 0.05) is 6.42 Å². The van der Waals surface area contributed by atoms with E-state index in [0.717, 1.165) is 32.1 Å². The van der Waals surface area contributed by atoms with Gasteiger partial charge in [0.25, 0.3) is 0 Å². The molecule has 1 unspecified atom stereocenters. The fraction of sp³-hybridized carbons (Fsp3) is 0.857. The van der Waals surface area contributed by atoms with E-state index in [4.69, 9.17) is 0 Å². The molecule has 2 N–H and O–H groups in total. The third kappa shape index (κ3) is 5.07. The zero-order valence-electron chi connectivity index (χ0n) is 11.4. The van der Waals surface area contributed by atoms with Crippen molar-refractivity contribution in [3.8, 4) is 0 Å². The summed E-state index contributed by atoms with van der Waals surface area (Å²) in [5.74, 6) is -0.436. The number of carboxylic acids is 1. The molecule has 1 amide bonds. The maximum Gasteiger partial charge on any atom is 0.326 e. The molecule has 0 spiro atoms. The second kappa shape index (κ2) is 7.39. The number of aliphatic carboxylic acids is 1. The number of nitrogens with one attached hydrogen (secondary N) is 1. The molecule has 0 aromatic heterocycles. The third-order valence-electron chi connectivity index (χ3n) is 3.65. The lowest BCUT2D eigenvalue weighted by Crippen LogP contribution is -2.46. The van der Waals surface area contributed by atoms with E-state index in [1.54, 1.807) is 0 Å². The van der Waals surface area contributed by atoms with Crippen molar-refractivity contribution in [2.45, 2.75) is 64.8 Å². The van der Waals surface area contributed by atoms with Crippen LogP contribution in [0.1, 0.15) is 58.8 Å². The molecule has 0 bridgehead atoms. The van der Waals surface area contributed by atoms with Gasteiger partial charge in [-0.1, -0.05) is 33.1 Å². The van der Waals surface area contributed by atoms with Crippen LogP contribution in [-0.2, 0) is 9.59 Å². The van der Waals surface area contributed by atoms with Crippen molar-refractivity contribution in [3.05, 3.63) is 0 Å². The predicted octanol–water partition coefficient (Wildman–Crippen LogP) is 2.57. The molecule has 0 aromatic rings. The first-order valence-electron chi connectivity index (χ1n) is 7.03. The van der Waals surface area contributed by atoms with Gasteiger partial charge in [0.2, 0.25) is 5.91 Å². The fourth-order valence-electron chi connectivity index (χ4n) is 2.51. The quantitative estimate of drug-likeness (QED) is 0.766. The van der Waals surface area contributed by atoms with E-state index in [-0.39, 0.29) is 11.8 Å². The molecule has 1 aliphatic rings. The first-order valence-corrected chi connectivity index (χ1v) is 7.03. The summed E-state index contributed by atoms with van der Waals surface area (Å²) in [6, 6.07) is -0.690. The van der Waals surface area contributed by atoms with Gasteiger partial charge in [0.05, 0.1) is 0 Å². The van der Waals surface area contributed by atoms with Gasteiger partial charge in [0.1, 0.15) is 6.04 Å². The standard InChI is InChI=1S/C14H25NO3/c1-10(2)8-9-12(16)15-13(14(17)18)11-6-4-3-5-7-11/h10-11,13H,3-9H2,1-2H3,(H,15,16)(H,17,18). The monoisotopic (exact) mass is 255 g/mol. The van der Waals surface area contributed by atoms with Crippen LogP contribution in [0.25, 0.3) is 0 Å². The lowest BCUT2D eigenvalue weighted by molar-refractivity contribution is -0.143. The summed E-state index contributed by atoms with van der Waals surface area (Å²) in [4.78, 5) is 23.0. The zero-order chi connectivity index (χ0) is 13.5. The van der Waals surface area contributed by atoms with E-state index in [2.05, 4.69) is 19.2 Å². The summed E-state index contributed by atoms with van der Waals surface area (Å²) in [5.41, 5.74) is 0. The number of carboxylic acid groups (broad SMARTS) is 1. The molecule has 0 saturated heterocycles. The number of carbonyl (C=O) groups excluding carboxylic acids is 1. The Morgan fingerprint density at radius 1 is 1.22 bits per heavy atom. The van der Waals surface area contributed by atoms with Gasteiger partial charge in [0.15, 0.2) is 0 Å². The van der Waals surface area contributed by atoms with Crippen molar-refractivity contribution >= 4 is 11.9 Å². The van der Waals surface area contributed by atoms with Crippen LogP contribution in [0.2, 0.25) is 0 Å². The summed E-state index contributed by atoms with van der Waals surface area (Å²) < 4.78 is 0. The van der Waals surface area contributed by atoms with E-state index in [1.807, 2.05) is 0 Å². The zero-order valence-corrected chi connectivity index (χ0v) is 11.4. The molecule has 1 atom stereocenters. The molecule has 0 heterocycles. The van der Waals surface area contributed by atoms with E-state index in [9.17, 15) is 14.7 Å². The van der Waals surface area contributed by atoms with Crippen LogP contribution in [0.3, 0.4) is 0 Å². The minimum atomic E-state index is -0.889. The number of hydrogen-bond acceptors (Lipinski definition) is 2. The van der Waals surface area contributed by atoms with Gasteiger partial charge in [-0.2, -0.15) is 0 Å². The van der Waals surface area contributed by atoms with Crippen LogP contribution in [0.4, 0.5) is 0 Å². The lowest BCUT2D eigenvalue weighted by Gasteiger charge is -2.28. The summed E-state index contributed by atoms with van der Waals surface area (Å²) >= 11 is 0. The van der Waals surface area contributed by atoms with Crippen molar-refractivity contribution < 1.29 is 14.7 Å². The molecule has 1 fully saturated rings. The molecule has 0 aromatic carbocycles. The SMILES string of the molecule is CC(C)CCC(=O)NC(C(=O)O)C1CCCCC1. The summed E-state index contributed by atoms with van der Waals surface area (Å²) in [5, 5.41) is 11.9. The minimum Gasteiger partial charge on any atom is -0.480 e. The molecule has 104 valence electrons. The Morgan fingerprint density at radius 2 is 1.83 bits per heavy atom. The van der Waals surface area contributed by atoms with Crippen molar-refractivity contribution in [2.75, 3.05) is 0 Å². The van der Waals surface area contributed by atoms with E-state index >= 15 is 0 Å². The molecule has 1 saturated carbocycles. The largest absolute Gasteiger partial charge is 0.480 e. The molecule has 1 rings (SSSR count). The Hall–Kier alpha value is -1.06. The maximum atomic E-state index is 11.7. The second-order valence-electron chi connectivity index (χ2n) is 5.71. The van der Waals surface area contributed by atoms with Crippen LogP contribution in [-0.4, -0.2) is 23.0 Å².